The van der Waals surface area contributed by atoms with E-state index in [1.165, 1.54) is 11.3 Å². The van der Waals surface area contributed by atoms with Crippen molar-refractivity contribution in [3.8, 4) is 0 Å². The van der Waals surface area contributed by atoms with E-state index >= 15 is 0 Å². The molecule has 0 aliphatic carbocycles. The van der Waals surface area contributed by atoms with Gasteiger partial charge < -0.3 is 9.30 Å². The van der Waals surface area contributed by atoms with Crippen LogP contribution in [0.25, 0.3) is 10.2 Å². The number of carbonyl (C=O) groups excluding carboxylic acids is 1. The fraction of sp³-hybridized carbons (Fsp3) is 0.222. The van der Waals surface area contributed by atoms with Crippen LogP contribution in [0, 0.1) is 0 Å². The van der Waals surface area contributed by atoms with Gasteiger partial charge in [-0.05, 0) is 37.3 Å². The average Bonchev–Trinajstić information content (AvgIpc) is 2.92. The van der Waals surface area contributed by atoms with Crippen molar-refractivity contribution in [2.45, 2.75) is 13.5 Å². The third-order valence-corrected chi connectivity index (χ3v) is 4.81. The predicted molar refractivity (Wildman–Crippen MR) is 97.7 cm³/mol. The van der Waals surface area contributed by atoms with E-state index in [1.807, 2.05) is 35.8 Å². The number of benzene rings is 2. The standard InChI is InChI=1S/C18H17ClN2O2S/c1-2-23-11-10-21-15-8-3-4-9-16(15)24-18(21)20-17(22)13-6-5-7-14(19)12-13/h3-9,12H,2,10-11H2,1H3. The number of hydrogen-bond acceptors (Lipinski definition) is 3. The topological polar surface area (TPSA) is 43.6 Å². The van der Waals surface area contributed by atoms with Gasteiger partial charge in [-0.2, -0.15) is 4.99 Å². The largest absolute Gasteiger partial charge is 0.380 e. The van der Waals surface area contributed by atoms with Crippen LogP contribution >= 0.6 is 22.9 Å². The Kier molecular flexibility index (Phi) is 5.45. The van der Waals surface area contributed by atoms with Crippen LogP contribution in [0.5, 0.6) is 0 Å². The molecule has 0 unspecified atom stereocenters. The van der Waals surface area contributed by atoms with E-state index in [2.05, 4.69) is 4.99 Å². The van der Waals surface area contributed by atoms with Crippen molar-refractivity contribution >= 4 is 39.1 Å². The van der Waals surface area contributed by atoms with Crippen LogP contribution in [0.2, 0.25) is 5.02 Å². The summed E-state index contributed by atoms with van der Waals surface area (Å²) in [4.78, 5) is 17.4. The normalized spacial score (nSPS) is 12.0. The molecule has 4 nitrogen and oxygen atoms in total. The summed E-state index contributed by atoms with van der Waals surface area (Å²) in [6.45, 7) is 3.86. The van der Waals surface area contributed by atoms with Crippen LogP contribution in [0.1, 0.15) is 17.3 Å². The number of nitrogens with zero attached hydrogens (tertiary/aromatic N) is 2. The van der Waals surface area contributed by atoms with Gasteiger partial charge in [0, 0.05) is 23.7 Å². The number of para-hydroxylation sites is 1. The lowest BCUT2D eigenvalue weighted by atomic mass is 10.2. The Morgan fingerprint density at radius 1 is 1.25 bits per heavy atom. The fourth-order valence-corrected chi connectivity index (χ4v) is 3.64. The van der Waals surface area contributed by atoms with Crippen LogP contribution in [-0.4, -0.2) is 23.7 Å². The lowest BCUT2D eigenvalue weighted by Crippen LogP contribution is -2.19. The highest BCUT2D eigenvalue weighted by Crippen LogP contribution is 2.17. The molecule has 3 aromatic rings. The zero-order chi connectivity index (χ0) is 16.9. The lowest BCUT2D eigenvalue weighted by Gasteiger charge is -2.05. The van der Waals surface area contributed by atoms with Gasteiger partial charge in [-0.1, -0.05) is 41.1 Å². The number of carbonyl (C=O) groups is 1. The van der Waals surface area contributed by atoms with Crippen LogP contribution in [0.4, 0.5) is 0 Å². The second-order valence-electron chi connectivity index (χ2n) is 5.13. The van der Waals surface area contributed by atoms with Gasteiger partial charge in [-0.15, -0.1) is 0 Å². The highest BCUT2D eigenvalue weighted by atomic mass is 35.5. The summed E-state index contributed by atoms with van der Waals surface area (Å²) in [5.41, 5.74) is 1.54. The molecule has 6 heteroatoms. The van der Waals surface area contributed by atoms with Gasteiger partial charge >= 0.3 is 0 Å². The Morgan fingerprint density at radius 2 is 2.08 bits per heavy atom. The Morgan fingerprint density at radius 3 is 2.88 bits per heavy atom. The van der Waals surface area contributed by atoms with E-state index in [4.69, 9.17) is 16.3 Å². The number of halogens is 1. The number of thiazole rings is 1. The van der Waals surface area contributed by atoms with E-state index in [9.17, 15) is 4.79 Å². The van der Waals surface area contributed by atoms with E-state index in [-0.39, 0.29) is 5.91 Å². The number of amides is 1. The molecule has 0 aliphatic heterocycles. The quantitative estimate of drug-likeness (QED) is 0.642. The molecular formula is C18H17ClN2O2S. The van der Waals surface area contributed by atoms with Gasteiger partial charge in [0.2, 0.25) is 0 Å². The van der Waals surface area contributed by atoms with E-state index < -0.39 is 0 Å². The summed E-state index contributed by atoms with van der Waals surface area (Å²) in [6.07, 6.45) is 0. The second-order valence-corrected chi connectivity index (χ2v) is 6.57. The third kappa shape index (κ3) is 3.75. The van der Waals surface area contributed by atoms with Crippen LogP contribution in [-0.2, 0) is 11.3 Å². The minimum absolute atomic E-state index is 0.297. The van der Waals surface area contributed by atoms with Gasteiger partial charge in [-0.3, -0.25) is 4.79 Å². The molecule has 1 heterocycles. The maximum absolute atomic E-state index is 12.5. The van der Waals surface area contributed by atoms with Crippen molar-refractivity contribution in [2.75, 3.05) is 13.2 Å². The molecule has 0 aliphatic rings. The highest BCUT2D eigenvalue weighted by molar-refractivity contribution is 7.16. The van der Waals surface area contributed by atoms with Gasteiger partial charge in [0.1, 0.15) is 0 Å². The molecule has 0 saturated heterocycles. The zero-order valence-corrected chi connectivity index (χ0v) is 14.8. The van der Waals surface area contributed by atoms with Crippen LogP contribution in [0.15, 0.2) is 53.5 Å². The van der Waals surface area contributed by atoms with Crippen LogP contribution < -0.4 is 4.80 Å². The number of fused-ring (bicyclic) bond motifs is 1. The molecule has 0 fully saturated rings. The van der Waals surface area contributed by atoms with Gasteiger partial charge in [0.05, 0.1) is 16.8 Å². The molecule has 1 aromatic heterocycles. The van der Waals surface area contributed by atoms with Crippen molar-refractivity contribution in [3.63, 3.8) is 0 Å². The van der Waals surface area contributed by atoms with Gasteiger partial charge in [0.15, 0.2) is 4.80 Å². The number of hydrogen-bond donors (Lipinski definition) is 0. The zero-order valence-electron chi connectivity index (χ0n) is 13.2. The molecule has 24 heavy (non-hydrogen) atoms. The fourth-order valence-electron chi connectivity index (χ4n) is 2.40. The summed E-state index contributed by atoms with van der Waals surface area (Å²) >= 11 is 7.45. The van der Waals surface area contributed by atoms with E-state index in [0.717, 1.165) is 10.2 Å². The lowest BCUT2D eigenvalue weighted by molar-refractivity contribution is 0.0996. The van der Waals surface area contributed by atoms with Crippen molar-refractivity contribution < 1.29 is 9.53 Å². The summed E-state index contributed by atoms with van der Waals surface area (Å²) in [7, 11) is 0. The first-order valence-corrected chi connectivity index (χ1v) is 8.89. The van der Waals surface area contributed by atoms with Gasteiger partial charge in [-0.25, -0.2) is 0 Å². The summed E-state index contributed by atoms with van der Waals surface area (Å²) in [5, 5.41) is 0.525. The minimum atomic E-state index is -0.297. The molecule has 0 radical (unpaired) electrons. The van der Waals surface area contributed by atoms with E-state index in [0.29, 0.717) is 35.1 Å². The molecule has 124 valence electrons. The SMILES string of the molecule is CCOCCn1c(=NC(=O)c2cccc(Cl)c2)sc2ccccc21. The predicted octanol–water partition coefficient (Wildman–Crippen LogP) is 4.13. The molecule has 0 atom stereocenters. The summed E-state index contributed by atoms with van der Waals surface area (Å²) < 4.78 is 8.57. The summed E-state index contributed by atoms with van der Waals surface area (Å²) in [6, 6.07) is 14.9. The number of ether oxygens (including phenoxy) is 1. The van der Waals surface area contributed by atoms with E-state index in [1.54, 1.807) is 24.3 Å². The molecule has 0 spiro atoms. The smallest absolute Gasteiger partial charge is 0.279 e. The van der Waals surface area contributed by atoms with Crippen molar-refractivity contribution in [1.82, 2.24) is 4.57 Å². The Labute approximate surface area is 149 Å². The molecule has 1 amide bonds. The molecular weight excluding hydrogens is 344 g/mol. The second kappa shape index (κ2) is 7.75. The Hall–Kier alpha value is -1.95. The molecule has 0 bridgehead atoms. The van der Waals surface area contributed by atoms with Gasteiger partial charge in [0.25, 0.3) is 5.91 Å². The van der Waals surface area contributed by atoms with Crippen molar-refractivity contribution in [1.29, 1.82) is 0 Å². The Balaban J connectivity index is 2.03. The minimum Gasteiger partial charge on any atom is -0.380 e. The molecule has 3 rings (SSSR count). The maximum atomic E-state index is 12.5. The molecule has 0 saturated carbocycles. The number of rotatable bonds is 5. The highest BCUT2D eigenvalue weighted by Gasteiger charge is 2.09. The first-order chi connectivity index (χ1) is 11.7. The number of aromatic nitrogens is 1. The monoisotopic (exact) mass is 360 g/mol. The molecule has 2 aromatic carbocycles. The Bertz CT molecular complexity index is 930. The average molecular weight is 361 g/mol. The summed E-state index contributed by atoms with van der Waals surface area (Å²) in [5.74, 6) is -0.297. The van der Waals surface area contributed by atoms with Crippen molar-refractivity contribution in [3.05, 3.63) is 63.9 Å². The maximum Gasteiger partial charge on any atom is 0.279 e. The van der Waals surface area contributed by atoms with Crippen LogP contribution in [0.3, 0.4) is 0 Å². The first kappa shape index (κ1) is 16.9. The first-order valence-electron chi connectivity index (χ1n) is 7.70. The molecule has 0 N–H and O–H groups in total. The van der Waals surface area contributed by atoms with Crippen molar-refractivity contribution in [2.24, 2.45) is 4.99 Å². The third-order valence-electron chi connectivity index (χ3n) is 3.52.